The molecule has 3 heterocycles. The zero-order chi connectivity index (χ0) is 26.3. The highest BCUT2D eigenvalue weighted by atomic mass is 35.5. The van der Waals surface area contributed by atoms with Crippen molar-refractivity contribution in [1.82, 2.24) is 19.1 Å². The van der Waals surface area contributed by atoms with Crippen molar-refractivity contribution in [2.45, 2.75) is 6.92 Å². The monoisotopic (exact) mass is 537 g/mol. The van der Waals surface area contributed by atoms with Gasteiger partial charge in [0.05, 0.1) is 31.1 Å². The molecule has 0 bridgehead atoms. The van der Waals surface area contributed by atoms with Crippen LogP contribution in [0, 0.1) is 0 Å². The van der Waals surface area contributed by atoms with Gasteiger partial charge in [-0.2, -0.15) is 0 Å². The van der Waals surface area contributed by atoms with Gasteiger partial charge in [0, 0.05) is 41.8 Å². The molecule has 37 heavy (non-hydrogen) atoms. The van der Waals surface area contributed by atoms with Gasteiger partial charge in [0.25, 0.3) is 5.56 Å². The van der Waals surface area contributed by atoms with Crippen LogP contribution in [0.25, 0.3) is 33.7 Å². The van der Waals surface area contributed by atoms with Crippen LogP contribution in [-0.4, -0.2) is 39.2 Å². The summed E-state index contributed by atoms with van der Waals surface area (Å²) >= 11 is 7.85. The Kier molecular flexibility index (Phi) is 6.32. The average molecular weight is 538 g/mol. The zero-order valence-corrected chi connectivity index (χ0v) is 21.4. The first kappa shape index (κ1) is 24.3. The number of anilines is 1. The Morgan fingerprint density at radius 1 is 1.00 bits per heavy atom. The second kappa shape index (κ2) is 9.60. The number of H-pyrrole nitrogens is 1. The summed E-state index contributed by atoms with van der Waals surface area (Å²) in [5.74, 6) is 0.656. The molecule has 0 radical (unpaired) electrons. The van der Waals surface area contributed by atoms with Crippen LogP contribution in [0.3, 0.4) is 0 Å². The molecule has 0 aliphatic rings. The quantitative estimate of drug-likeness (QED) is 0.334. The van der Waals surface area contributed by atoms with E-state index in [4.69, 9.17) is 21.1 Å². The summed E-state index contributed by atoms with van der Waals surface area (Å²) in [6.07, 6.45) is 0. The maximum atomic E-state index is 13.7. The van der Waals surface area contributed by atoms with Gasteiger partial charge in [0.2, 0.25) is 5.91 Å². The van der Waals surface area contributed by atoms with Crippen LogP contribution in [0.4, 0.5) is 5.13 Å². The van der Waals surface area contributed by atoms with E-state index >= 15 is 0 Å². The molecular weight excluding hydrogens is 518 g/mol. The number of carbonyl (C=O) groups excluding carboxylic acids is 1. The van der Waals surface area contributed by atoms with Gasteiger partial charge >= 0.3 is 5.69 Å². The van der Waals surface area contributed by atoms with Crippen LogP contribution in [0.15, 0.2) is 63.5 Å². The van der Waals surface area contributed by atoms with Crippen molar-refractivity contribution < 1.29 is 14.3 Å². The van der Waals surface area contributed by atoms with Crippen molar-refractivity contribution in [3.8, 4) is 34.1 Å². The van der Waals surface area contributed by atoms with Crippen LogP contribution in [0.5, 0.6) is 11.5 Å². The minimum Gasteiger partial charge on any atom is -0.497 e. The van der Waals surface area contributed by atoms with Gasteiger partial charge in [0.1, 0.15) is 22.2 Å². The van der Waals surface area contributed by atoms with Gasteiger partial charge in [-0.25, -0.2) is 14.3 Å². The molecule has 0 atom stereocenters. The number of benzene rings is 2. The molecule has 5 aromatic rings. The first-order valence-corrected chi connectivity index (χ1v) is 12.2. The fourth-order valence-electron chi connectivity index (χ4n) is 3.96. The van der Waals surface area contributed by atoms with Gasteiger partial charge in [-0.05, 0) is 18.2 Å². The number of aromatic nitrogens is 4. The van der Waals surface area contributed by atoms with E-state index in [1.807, 2.05) is 17.5 Å². The molecule has 10 nitrogen and oxygen atoms in total. The third-order valence-electron chi connectivity index (χ3n) is 5.61. The van der Waals surface area contributed by atoms with Crippen molar-refractivity contribution in [3.05, 3.63) is 79.9 Å². The van der Waals surface area contributed by atoms with Crippen molar-refractivity contribution in [2.24, 2.45) is 0 Å². The molecule has 0 spiro atoms. The number of nitrogens with zero attached hydrogens (tertiary/aromatic N) is 3. The molecule has 0 fully saturated rings. The van der Waals surface area contributed by atoms with Gasteiger partial charge in [-0.1, -0.05) is 23.7 Å². The molecule has 12 heteroatoms. The van der Waals surface area contributed by atoms with Crippen LogP contribution in [0.2, 0.25) is 5.15 Å². The number of thiazole rings is 1. The lowest BCUT2D eigenvalue weighted by Gasteiger charge is -2.11. The fraction of sp³-hybridized carbons (Fsp3) is 0.120. The van der Waals surface area contributed by atoms with E-state index < -0.39 is 11.2 Å². The minimum atomic E-state index is -0.629. The molecule has 2 N–H and O–H groups in total. The third kappa shape index (κ3) is 4.50. The van der Waals surface area contributed by atoms with E-state index in [2.05, 4.69) is 15.3 Å². The van der Waals surface area contributed by atoms with Gasteiger partial charge in [0.15, 0.2) is 5.13 Å². The van der Waals surface area contributed by atoms with E-state index in [1.54, 1.807) is 34.9 Å². The predicted molar refractivity (Wildman–Crippen MR) is 143 cm³/mol. The number of hydrogen-bond donors (Lipinski definition) is 2. The SMILES string of the molecule is COc1cc(OC)cc(-n2c(=O)[nH]c3cc(Cl)n(-c4ccc(-c5csc(NC(C)=O)n5)cc4)c3c2=O)c1. The number of rotatable bonds is 6. The highest BCUT2D eigenvalue weighted by Gasteiger charge is 2.19. The van der Waals surface area contributed by atoms with Gasteiger partial charge < -0.3 is 19.8 Å². The van der Waals surface area contributed by atoms with E-state index in [9.17, 15) is 14.4 Å². The Morgan fingerprint density at radius 3 is 2.30 bits per heavy atom. The average Bonchev–Trinajstić information content (AvgIpc) is 3.47. The maximum absolute atomic E-state index is 13.7. The standard InChI is InChI=1S/C25H20ClN5O5S/c1-13(32)27-24-28-20(12-37-24)14-4-6-15(7-5-14)30-21(26)11-19-22(30)23(33)31(25(34)29-19)16-8-17(35-2)10-18(9-16)36-3/h4-12H,1-3H3,(H,29,34)(H,27,28,32). The van der Waals surface area contributed by atoms with E-state index in [0.717, 1.165) is 10.1 Å². The summed E-state index contributed by atoms with van der Waals surface area (Å²) in [5, 5.41) is 5.26. The Balaban J connectivity index is 1.62. The molecule has 1 amide bonds. The Morgan fingerprint density at radius 2 is 1.68 bits per heavy atom. The topological polar surface area (TPSA) is 120 Å². The van der Waals surface area contributed by atoms with Crippen molar-refractivity contribution in [3.63, 3.8) is 0 Å². The molecule has 0 unspecified atom stereocenters. The molecule has 188 valence electrons. The summed E-state index contributed by atoms with van der Waals surface area (Å²) in [6.45, 7) is 1.42. The smallest absolute Gasteiger partial charge is 0.333 e. The second-order valence-corrected chi connectivity index (χ2v) is 9.22. The highest BCUT2D eigenvalue weighted by Crippen LogP contribution is 2.29. The first-order valence-electron chi connectivity index (χ1n) is 10.9. The highest BCUT2D eigenvalue weighted by molar-refractivity contribution is 7.14. The van der Waals surface area contributed by atoms with Crippen LogP contribution in [-0.2, 0) is 4.79 Å². The van der Waals surface area contributed by atoms with E-state index in [1.165, 1.54) is 38.5 Å². The Hall–Kier alpha value is -4.35. The third-order valence-corrected chi connectivity index (χ3v) is 6.64. The minimum absolute atomic E-state index is 0.193. The summed E-state index contributed by atoms with van der Waals surface area (Å²) in [5.41, 5.74) is 1.71. The predicted octanol–water partition coefficient (Wildman–Crippen LogP) is 4.22. The summed E-state index contributed by atoms with van der Waals surface area (Å²) in [6, 6.07) is 13.6. The first-order chi connectivity index (χ1) is 17.8. The number of halogens is 1. The number of aromatic amines is 1. The van der Waals surface area contributed by atoms with E-state index in [0.29, 0.717) is 33.5 Å². The van der Waals surface area contributed by atoms with Crippen LogP contribution >= 0.6 is 22.9 Å². The van der Waals surface area contributed by atoms with Crippen molar-refractivity contribution in [1.29, 1.82) is 0 Å². The Labute approximate surface area is 218 Å². The lowest BCUT2D eigenvalue weighted by Crippen LogP contribution is -2.34. The van der Waals surface area contributed by atoms with Crippen LogP contribution < -0.4 is 26.0 Å². The Bertz CT molecular complexity index is 1750. The largest absolute Gasteiger partial charge is 0.497 e. The lowest BCUT2D eigenvalue weighted by atomic mass is 10.1. The molecule has 2 aromatic carbocycles. The number of nitrogens with one attached hydrogen (secondary N) is 2. The number of hydrogen-bond acceptors (Lipinski definition) is 7. The van der Waals surface area contributed by atoms with Gasteiger partial charge in [-0.15, -0.1) is 11.3 Å². The van der Waals surface area contributed by atoms with Gasteiger partial charge in [-0.3, -0.25) is 14.2 Å². The molecule has 3 aromatic heterocycles. The molecule has 0 saturated heterocycles. The summed E-state index contributed by atoms with van der Waals surface area (Å²) < 4.78 is 13.2. The molecule has 0 saturated carbocycles. The van der Waals surface area contributed by atoms with E-state index in [-0.39, 0.29) is 22.3 Å². The van der Waals surface area contributed by atoms with Crippen LogP contribution in [0.1, 0.15) is 6.92 Å². The zero-order valence-electron chi connectivity index (χ0n) is 19.9. The number of fused-ring (bicyclic) bond motifs is 1. The molecule has 0 aliphatic heterocycles. The van der Waals surface area contributed by atoms with Crippen molar-refractivity contribution >= 4 is 45.0 Å². The normalized spacial score (nSPS) is 11.0. The maximum Gasteiger partial charge on any atom is 0.333 e. The summed E-state index contributed by atoms with van der Waals surface area (Å²) in [4.78, 5) is 45.0. The second-order valence-electron chi connectivity index (χ2n) is 7.97. The molecule has 0 aliphatic carbocycles. The molecule has 5 rings (SSSR count). The number of amides is 1. The number of methoxy groups -OCH3 is 2. The molecular formula is C25H20ClN5O5S. The fourth-order valence-corrected chi connectivity index (χ4v) is 5.02. The van der Waals surface area contributed by atoms with Crippen molar-refractivity contribution in [2.75, 3.05) is 19.5 Å². The number of carbonyl (C=O) groups is 1. The lowest BCUT2D eigenvalue weighted by molar-refractivity contribution is -0.114. The summed E-state index contributed by atoms with van der Waals surface area (Å²) in [7, 11) is 2.96. The number of ether oxygens (including phenoxy) is 2.